The first kappa shape index (κ1) is 15.6. The Bertz CT molecular complexity index is 626. The monoisotopic (exact) mass is 329 g/mol. The fraction of sp³-hybridized carbons (Fsp3) is 0.706. The topological polar surface area (TPSA) is 85.5 Å². The lowest BCUT2D eigenvalue weighted by Gasteiger charge is -2.37. The van der Waals surface area contributed by atoms with Crippen LogP contribution in [-0.4, -0.2) is 60.6 Å². The second kappa shape index (κ2) is 6.54. The van der Waals surface area contributed by atoms with Crippen LogP contribution >= 0.6 is 0 Å². The van der Waals surface area contributed by atoms with E-state index in [1.165, 1.54) is 0 Å². The van der Waals surface area contributed by atoms with Crippen molar-refractivity contribution in [3.05, 3.63) is 11.8 Å². The molecule has 4 rings (SSSR count). The van der Waals surface area contributed by atoms with Gasteiger partial charge in [0.2, 0.25) is 5.95 Å². The molecule has 7 nitrogen and oxygen atoms in total. The van der Waals surface area contributed by atoms with Crippen LogP contribution in [0, 0.1) is 17.2 Å². The van der Waals surface area contributed by atoms with E-state index in [1.54, 1.807) is 0 Å². The fourth-order valence-electron chi connectivity index (χ4n) is 3.58. The summed E-state index contributed by atoms with van der Waals surface area (Å²) in [6.45, 7) is 4.42. The Labute approximate surface area is 141 Å². The second-order valence-electron chi connectivity index (χ2n) is 6.96. The van der Waals surface area contributed by atoms with Crippen LogP contribution in [0.25, 0.3) is 0 Å². The molecule has 1 aromatic heterocycles. The molecule has 0 aliphatic carbocycles. The van der Waals surface area contributed by atoms with Crippen molar-refractivity contribution in [2.24, 2.45) is 5.92 Å². The molecule has 1 N–H and O–H groups in total. The molecule has 4 heterocycles. The minimum atomic E-state index is -0.276. The Morgan fingerprint density at radius 1 is 1.17 bits per heavy atom. The van der Waals surface area contributed by atoms with Crippen molar-refractivity contribution in [2.75, 3.05) is 49.2 Å². The zero-order valence-corrected chi connectivity index (χ0v) is 13.8. The lowest BCUT2D eigenvalue weighted by molar-refractivity contribution is 0.140. The van der Waals surface area contributed by atoms with Gasteiger partial charge in [-0.25, -0.2) is 4.98 Å². The third-order valence-corrected chi connectivity index (χ3v) is 5.22. The average molecular weight is 329 g/mol. The Hall–Kier alpha value is -1.91. The summed E-state index contributed by atoms with van der Waals surface area (Å²) >= 11 is 0. The highest BCUT2D eigenvalue weighted by Gasteiger charge is 2.30. The summed E-state index contributed by atoms with van der Waals surface area (Å²) < 4.78 is 5.52. The summed E-state index contributed by atoms with van der Waals surface area (Å²) in [6.07, 6.45) is 2.50. The Morgan fingerprint density at radius 3 is 2.58 bits per heavy atom. The molecular weight excluding hydrogens is 306 g/mol. The highest BCUT2D eigenvalue weighted by Crippen LogP contribution is 2.30. The van der Waals surface area contributed by atoms with Gasteiger partial charge in [0.15, 0.2) is 0 Å². The fourth-order valence-corrected chi connectivity index (χ4v) is 3.58. The third kappa shape index (κ3) is 3.04. The van der Waals surface area contributed by atoms with Crippen LogP contribution in [0.2, 0.25) is 0 Å². The Kier molecular flexibility index (Phi) is 4.25. The van der Waals surface area contributed by atoms with Gasteiger partial charge in [0.1, 0.15) is 5.82 Å². The van der Waals surface area contributed by atoms with Crippen molar-refractivity contribution in [3.8, 4) is 6.07 Å². The lowest BCUT2D eigenvalue weighted by atomic mass is 9.98. The molecule has 1 aromatic rings. The van der Waals surface area contributed by atoms with E-state index in [2.05, 4.69) is 17.0 Å². The number of aliphatic hydroxyl groups excluding tert-OH is 1. The number of nitrogens with zero attached hydrogens (tertiary/aromatic N) is 5. The van der Waals surface area contributed by atoms with Crippen LogP contribution in [0.15, 0.2) is 6.07 Å². The maximum atomic E-state index is 9.58. The van der Waals surface area contributed by atoms with Gasteiger partial charge in [-0.2, -0.15) is 10.2 Å². The van der Waals surface area contributed by atoms with E-state index < -0.39 is 0 Å². The third-order valence-electron chi connectivity index (χ3n) is 5.22. The molecule has 3 fully saturated rings. The van der Waals surface area contributed by atoms with Crippen LogP contribution in [0.5, 0.6) is 0 Å². The van der Waals surface area contributed by atoms with E-state index in [-0.39, 0.29) is 12.0 Å². The molecule has 0 aromatic carbocycles. The van der Waals surface area contributed by atoms with Crippen LogP contribution < -0.4 is 9.80 Å². The highest BCUT2D eigenvalue weighted by atomic mass is 16.5. The summed E-state index contributed by atoms with van der Waals surface area (Å²) in [5.74, 6) is 2.14. The Balaban J connectivity index is 1.59. The molecule has 1 atom stereocenters. The van der Waals surface area contributed by atoms with Gasteiger partial charge >= 0.3 is 0 Å². The van der Waals surface area contributed by atoms with Gasteiger partial charge in [0.25, 0.3) is 0 Å². The predicted octanol–water partition coefficient (Wildman–Crippen LogP) is 0.901. The Morgan fingerprint density at radius 2 is 1.96 bits per heavy atom. The average Bonchev–Trinajstić information content (AvgIpc) is 3.13. The summed E-state index contributed by atoms with van der Waals surface area (Å²) in [5, 5.41) is 18.7. The van der Waals surface area contributed by atoms with Gasteiger partial charge in [-0.1, -0.05) is 0 Å². The molecule has 3 aliphatic heterocycles. The van der Waals surface area contributed by atoms with E-state index in [4.69, 9.17) is 20.0 Å². The maximum absolute atomic E-state index is 9.58. The molecule has 3 saturated heterocycles. The minimum Gasteiger partial charge on any atom is -0.389 e. The molecule has 0 amide bonds. The van der Waals surface area contributed by atoms with Crippen LogP contribution in [0.1, 0.15) is 30.9 Å². The van der Waals surface area contributed by atoms with Gasteiger partial charge in [0, 0.05) is 50.7 Å². The number of aliphatic hydroxyl groups is 1. The first-order valence-corrected chi connectivity index (χ1v) is 8.77. The summed E-state index contributed by atoms with van der Waals surface area (Å²) in [4.78, 5) is 13.8. The summed E-state index contributed by atoms with van der Waals surface area (Å²) in [6, 6.07) is 4.46. The van der Waals surface area contributed by atoms with Crippen molar-refractivity contribution in [1.82, 2.24) is 9.97 Å². The molecule has 0 saturated carbocycles. The van der Waals surface area contributed by atoms with Crippen molar-refractivity contribution in [2.45, 2.75) is 31.3 Å². The van der Waals surface area contributed by atoms with Crippen LogP contribution in [-0.2, 0) is 4.74 Å². The number of hydrogen-bond acceptors (Lipinski definition) is 7. The summed E-state index contributed by atoms with van der Waals surface area (Å²) in [5.41, 5.74) is 1.04. The lowest BCUT2D eigenvalue weighted by Crippen LogP contribution is -2.51. The second-order valence-corrected chi connectivity index (χ2v) is 6.96. The highest BCUT2D eigenvalue weighted by molar-refractivity contribution is 5.48. The molecular formula is C17H23N5O2. The number of nitriles is 1. The van der Waals surface area contributed by atoms with Gasteiger partial charge in [-0.3, -0.25) is 0 Å². The number of rotatable bonds is 3. The molecule has 24 heavy (non-hydrogen) atoms. The molecule has 0 radical (unpaired) electrons. The largest absolute Gasteiger partial charge is 0.389 e. The molecule has 0 spiro atoms. The van der Waals surface area contributed by atoms with Gasteiger partial charge in [-0.15, -0.1) is 0 Å². The first-order chi connectivity index (χ1) is 11.7. The molecule has 3 aliphatic rings. The van der Waals surface area contributed by atoms with Gasteiger partial charge in [0.05, 0.1) is 24.5 Å². The summed E-state index contributed by atoms with van der Waals surface area (Å²) in [7, 11) is 0. The van der Waals surface area contributed by atoms with Crippen molar-refractivity contribution >= 4 is 11.8 Å². The van der Waals surface area contributed by atoms with E-state index in [0.29, 0.717) is 25.0 Å². The smallest absolute Gasteiger partial charge is 0.227 e. The van der Waals surface area contributed by atoms with Crippen molar-refractivity contribution in [3.63, 3.8) is 0 Å². The number of anilines is 2. The van der Waals surface area contributed by atoms with Gasteiger partial charge in [-0.05, 0) is 19.3 Å². The molecule has 7 heteroatoms. The van der Waals surface area contributed by atoms with E-state index >= 15 is 0 Å². The van der Waals surface area contributed by atoms with Crippen molar-refractivity contribution in [1.29, 1.82) is 5.26 Å². The van der Waals surface area contributed by atoms with Crippen LogP contribution in [0.3, 0.4) is 0 Å². The maximum Gasteiger partial charge on any atom is 0.227 e. The molecule has 128 valence electrons. The SMILES string of the molecule is N#CC1CCN(c2cc([C@@H]3CCOC3)nc(N3CC(O)C3)n2)CC1. The first-order valence-electron chi connectivity index (χ1n) is 8.77. The van der Waals surface area contributed by atoms with E-state index in [0.717, 1.165) is 57.1 Å². The van der Waals surface area contributed by atoms with E-state index in [1.807, 2.05) is 4.90 Å². The standard InChI is InChI=1S/C17H23N5O2/c18-8-12-1-4-21(5-2-12)16-7-15(13-3-6-24-11-13)19-17(20-16)22-9-14(23)10-22/h7,12-14,23H,1-6,9-11H2/t13-/m1/s1. The number of hydrogen-bond donors (Lipinski definition) is 1. The quantitative estimate of drug-likeness (QED) is 0.882. The zero-order chi connectivity index (χ0) is 16.5. The minimum absolute atomic E-state index is 0.163. The number of ether oxygens (including phenoxy) is 1. The molecule has 0 bridgehead atoms. The number of piperidine rings is 1. The molecule has 0 unspecified atom stereocenters. The number of β-amino-alcohol motifs (C(OH)–C–C–N with tert-alkyl or cyclic N) is 1. The van der Waals surface area contributed by atoms with E-state index in [9.17, 15) is 5.11 Å². The zero-order valence-electron chi connectivity index (χ0n) is 13.8. The number of aromatic nitrogens is 2. The van der Waals surface area contributed by atoms with Crippen molar-refractivity contribution < 1.29 is 9.84 Å². The predicted molar refractivity (Wildman–Crippen MR) is 89.0 cm³/mol. The normalized spacial score (nSPS) is 25.6. The van der Waals surface area contributed by atoms with Gasteiger partial charge < -0.3 is 19.6 Å². The van der Waals surface area contributed by atoms with Crippen LogP contribution in [0.4, 0.5) is 11.8 Å².